The van der Waals surface area contributed by atoms with Gasteiger partial charge in [0.05, 0.1) is 6.61 Å². The Labute approximate surface area is 109 Å². The van der Waals surface area contributed by atoms with Gasteiger partial charge in [0.25, 0.3) is 0 Å². The summed E-state index contributed by atoms with van der Waals surface area (Å²) in [5.74, 6) is 2.37. The fourth-order valence-electron chi connectivity index (χ4n) is 3.53. The first-order chi connectivity index (χ1) is 8.76. The van der Waals surface area contributed by atoms with Crippen LogP contribution < -0.4 is 5.32 Å². The molecule has 1 aromatic carbocycles. The Morgan fingerprint density at radius 3 is 2.89 bits per heavy atom. The number of benzene rings is 1. The molecule has 1 fully saturated rings. The average molecular weight is 243 g/mol. The molecule has 4 atom stereocenters. The molecule has 2 aliphatic carbocycles. The number of aliphatic hydroxyl groups excluding tert-OH is 1. The number of rotatable bonds is 4. The maximum Gasteiger partial charge on any atom is 0.0682 e. The van der Waals surface area contributed by atoms with Gasteiger partial charge in [-0.15, -0.1) is 0 Å². The second kappa shape index (κ2) is 4.77. The fourth-order valence-corrected chi connectivity index (χ4v) is 3.53. The first-order valence-electron chi connectivity index (χ1n) is 6.91. The summed E-state index contributed by atoms with van der Waals surface area (Å²) in [4.78, 5) is 0. The van der Waals surface area contributed by atoms with Gasteiger partial charge in [0.1, 0.15) is 0 Å². The summed E-state index contributed by atoms with van der Waals surface area (Å²) in [6.45, 7) is 2.39. The zero-order chi connectivity index (χ0) is 12.5. The molecule has 0 heterocycles. The highest BCUT2D eigenvalue weighted by molar-refractivity contribution is 5.46. The number of hydrogen-bond donors (Lipinski definition) is 2. The van der Waals surface area contributed by atoms with E-state index >= 15 is 0 Å². The van der Waals surface area contributed by atoms with Gasteiger partial charge in [0.2, 0.25) is 0 Å². The number of fused-ring (bicyclic) bond motifs is 2. The molecule has 0 amide bonds. The Kier molecular flexibility index (Phi) is 3.13. The lowest BCUT2D eigenvalue weighted by Crippen LogP contribution is -2.28. The number of hydrogen-bond acceptors (Lipinski definition) is 2. The van der Waals surface area contributed by atoms with Gasteiger partial charge in [0.15, 0.2) is 0 Å². The van der Waals surface area contributed by atoms with Crippen molar-refractivity contribution < 1.29 is 5.11 Å². The van der Waals surface area contributed by atoms with Crippen LogP contribution in [0, 0.1) is 17.8 Å². The molecule has 2 bridgehead atoms. The highest BCUT2D eigenvalue weighted by atomic mass is 16.3. The van der Waals surface area contributed by atoms with Crippen molar-refractivity contribution in [1.29, 1.82) is 0 Å². The molecule has 3 rings (SSSR count). The summed E-state index contributed by atoms with van der Waals surface area (Å²) >= 11 is 0. The van der Waals surface area contributed by atoms with Crippen LogP contribution >= 0.6 is 0 Å². The summed E-state index contributed by atoms with van der Waals surface area (Å²) in [5, 5.41) is 12.8. The van der Waals surface area contributed by atoms with E-state index in [4.69, 9.17) is 5.11 Å². The van der Waals surface area contributed by atoms with Crippen molar-refractivity contribution >= 4 is 5.69 Å². The van der Waals surface area contributed by atoms with E-state index in [0.29, 0.717) is 6.04 Å². The van der Waals surface area contributed by atoms with Crippen molar-refractivity contribution in [3.63, 3.8) is 0 Å². The molecule has 2 nitrogen and oxygen atoms in total. The molecular formula is C16H21NO. The molecule has 0 saturated heterocycles. The largest absolute Gasteiger partial charge is 0.392 e. The van der Waals surface area contributed by atoms with Crippen molar-refractivity contribution in [3.05, 3.63) is 42.0 Å². The van der Waals surface area contributed by atoms with E-state index in [1.807, 2.05) is 18.2 Å². The average Bonchev–Trinajstić information content (AvgIpc) is 3.01. The molecule has 2 heteroatoms. The highest BCUT2D eigenvalue weighted by Gasteiger charge is 2.38. The maximum atomic E-state index is 9.16. The Morgan fingerprint density at radius 1 is 1.33 bits per heavy atom. The van der Waals surface area contributed by atoms with Crippen LogP contribution in [0.1, 0.15) is 25.3 Å². The first kappa shape index (κ1) is 11.8. The molecule has 0 radical (unpaired) electrons. The van der Waals surface area contributed by atoms with E-state index in [-0.39, 0.29) is 6.61 Å². The smallest absolute Gasteiger partial charge is 0.0682 e. The second-order valence-electron chi connectivity index (χ2n) is 5.74. The molecule has 1 saturated carbocycles. The van der Waals surface area contributed by atoms with E-state index in [1.54, 1.807) is 0 Å². The second-order valence-corrected chi connectivity index (χ2v) is 5.74. The van der Waals surface area contributed by atoms with Gasteiger partial charge < -0.3 is 10.4 Å². The van der Waals surface area contributed by atoms with Gasteiger partial charge in [-0.2, -0.15) is 0 Å². The summed E-state index contributed by atoms with van der Waals surface area (Å²) in [5.41, 5.74) is 2.10. The van der Waals surface area contributed by atoms with Crippen molar-refractivity contribution in [3.8, 4) is 0 Å². The predicted octanol–water partition coefficient (Wildman–Crippen LogP) is 3.19. The van der Waals surface area contributed by atoms with Crippen LogP contribution in [-0.2, 0) is 6.61 Å². The lowest BCUT2D eigenvalue weighted by Gasteiger charge is -2.27. The maximum absolute atomic E-state index is 9.16. The summed E-state index contributed by atoms with van der Waals surface area (Å²) in [6.07, 6.45) is 7.48. The molecule has 0 spiro atoms. The van der Waals surface area contributed by atoms with E-state index in [0.717, 1.165) is 29.0 Å². The van der Waals surface area contributed by atoms with E-state index in [9.17, 15) is 0 Å². The Morgan fingerprint density at radius 2 is 2.22 bits per heavy atom. The lowest BCUT2D eigenvalue weighted by molar-refractivity contribution is 0.282. The molecule has 0 aromatic heterocycles. The zero-order valence-electron chi connectivity index (χ0n) is 10.8. The van der Waals surface area contributed by atoms with Crippen LogP contribution in [0.3, 0.4) is 0 Å². The third kappa shape index (κ3) is 2.17. The topological polar surface area (TPSA) is 32.3 Å². The van der Waals surface area contributed by atoms with E-state index in [2.05, 4.69) is 30.5 Å². The molecule has 2 aliphatic rings. The third-order valence-corrected chi connectivity index (χ3v) is 4.48. The van der Waals surface area contributed by atoms with Crippen molar-refractivity contribution in [2.45, 2.75) is 32.4 Å². The van der Waals surface area contributed by atoms with Crippen LogP contribution in [0.5, 0.6) is 0 Å². The monoisotopic (exact) mass is 243 g/mol. The number of aliphatic hydroxyl groups is 1. The predicted molar refractivity (Wildman–Crippen MR) is 74.3 cm³/mol. The first-order valence-corrected chi connectivity index (χ1v) is 6.91. The van der Waals surface area contributed by atoms with Gasteiger partial charge in [-0.25, -0.2) is 0 Å². The van der Waals surface area contributed by atoms with Gasteiger partial charge >= 0.3 is 0 Å². The molecule has 2 N–H and O–H groups in total. The lowest BCUT2D eigenvalue weighted by atomic mass is 9.87. The molecule has 4 unspecified atom stereocenters. The van der Waals surface area contributed by atoms with Gasteiger partial charge in [-0.05, 0) is 55.2 Å². The van der Waals surface area contributed by atoms with Gasteiger partial charge in [-0.3, -0.25) is 0 Å². The van der Waals surface area contributed by atoms with Gasteiger partial charge in [-0.1, -0.05) is 24.3 Å². The number of allylic oxidation sites excluding steroid dienone is 2. The molecule has 18 heavy (non-hydrogen) atoms. The molecule has 0 aliphatic heterocycles. The quantitative estimate of drug-likeness (QED) is 0.796. The Hall–Kier alpha value is -1.28. The fraction of sp³-hybridized carbons (Fsp3) is 0.500. The highest BCUT2D eigenvalue weighted by Crippen LogP contribution is 2.45. The molecule has 96 valence electrons. The van der Waals surface area contributed by atoms with E-state index < -0.39 is 0 Å². The minimum atomic E-state index is 0.112. The standard InChI is InChI=1S/C16H21NO/c1-11(16-9-12-5-6-14(16)7-12)17-15-4-2-3-13(8-15)10-18/h2-6,8,11-12,14,16-18H,7,9-10H2,1H3. The van der Waals surface area contributed by atoms with Crippen LogP contribution in [-0.4, -0.2) is 11.1 Å². The third-order valence-electron chi connectivity index (χ3n) is 4.48. The van der Waals surface area contributed by atoms with Crippen molar-refractivity contribution in [2.75, 3.05) is 5.32 Å². The summed E-state index contributed by atoms with van der Waals surface area (Å²) < 4.78 is 0. The Bertz CT molecular complexity index is 454. The molecule has 1 aromatic rings. The van der Waals surface area contributed by atoms with Crippen molar-refractivity contribution in [1.82, 2.24) is 0 Å². The minimum Gasteiger partial charge on any atom is -0.392 e. The van der Waals surface area contributed by atoms with Crippen LogP contribution in [0.4, 0.5) is 5.69 Å². The summed E-state index contributed by atoms with van der Waals surface area (Å²) in [6, 6.07) is 8.58. The minimum absolute atomic E-state index is 0.112. The normalized spacial score (nSPS) is 30.7. The number of anilines is 1. The van der Waals surface area contributed by atoms with Crippen molar-refractivity contribution in [2.24, 2.45) is 17.8 Å². The van der Waals surface area contributed by atoms with E-state index in [1.165, 1.54) is 12.8 Å². The SMILES string of the molecule is CC(Nc1cccc(CO)c1)C1CC2C=CC1C2. The van der Waals surface area contributed by atoms with Gasteiger partial charge in [0, 0.05) is 11.7 Å². The molecular weight excluding hydrogens is 222 g/mol. The zero-order valence-corrected chi connectivity index (χ0v) is 10.8. The Balaban J connectivity index is 1.67. The van der Waals surface area contributed by atoms with Crippen LogP contribution in [0.2, 0.25) is 0 Å². The van der Waals surface area contributed by atoms with Crippen LogP contribution in [0.25, 0.3) is 0 Å². The summed E-state index contributed by atoms with van der Waals surface area (Å²) in [7, 11) is 0. The number of nitrogens with one attached hydrogen (secondary N) is 1. The van der Waals surface area contributed by atoms with Crippen LogP contribution in [0.15, 0.2) is 36.4 Å².